The predicted octanol–water partition coefficient (Wildman–Crippen LogP) is 20.3. The van der Waals surface area contributed by atoms with Crippen molar-refractivity contribution in [2.24, 2.45) is 0 Å². The molecule has 1 heteroatoms. The number of hydrogen-bond acceptors (Lipinski definition) is 1. The molecule has 71 heavy (non-hydrogen) atoms. The summed E-state index contributed by atoms with van der Waals surface area (Å²) in [6.45, 7) is 28.1. The molecular weight excluding hydrogens is 855 g/mol. The van der Waals surface area contributed by atoms with Crippen LogP contribution in [0.3, 0.4) is 0 Å². The Bertz CT molecular complexity index is 2720. The van der Waals surface area contributed by atoms with E-state index in [2.05, 4.69) is 208 Å². The van der Waals surface area contributed by atoms with Gasteiger partial charge in [-0.1, -0.05) is 192 Å². The van der Waals surface area contributed by atoms with Gasteiger partial charge in [0.1, 0.15) is 0 Å². The molecule has 0 N–H and O–H groups in total. The van der Waals surface area contributed by atoms with Gasteiger partial charge < -0.3 is 4.90 Å². The monoisotopic (exact) mass is 944 g/mol. The molecule has 0 saturated heterocycles. The fourth-order valence-corrected chi connectivity index (χ4v) is 12.7. The van der Waals surface area contributed by atoms with E-state index in [-0.39, 0.29) is 21.7 Å². The number of anilines is 3. The van der Waals surface area contributed by atoms with Gasteiger partial charge in [-0.3, -0.25) is 0 Å². The molecule has 6 aromatic carbocycles. The molecule has 0 fully saturated rings. The van der Waals surface area contributed by atoms with Crippen LogP contribution in [0.5, 0.6) is 0 Å². The molecule has 0 spiro atoms. The van der Waals surface area contributed by atoms with Crippen molar-refractivity contribution in [3.63, 3.8) is 0 Å². The lowest BCUT2D eigenvalue weighted by Gasteiger charge is -2.48. The van der Waals surface area contributed by atoms with Gasteiger partial charge in [-0.25, -0.2) is 0 Å². The first-order valence-electron chi connectivity index (χ1n) is 28.4. The Balaban J connectivity index is 1.14. The average Bonchev–Trinajstić information content (AvgIpc) is 3.66. The molecule has 6 aromatic rings. The van der Waals surface area contributed by atoms with Crippen LogP contribution in [0.1, 0.15) is 214 Å². The molecule has 0 radical (unpaired) electrons. The molecule has 374 valence electrons. The lowest BCUT2D eigenvalue weighted by atomic mass is 9.56. The van der Waals surface area contributed by atoms with Crippen LogP contribution in [0, 0.1) is 0 Å². The van der Waals surface area contributed by atoms with Crippen LogP contribution < -0.4 is 4.90 Å². The minimum absolute atomic E-state index is 0.0203. The molecule has 4 atom stereocenters. The van der Waals surface area contributed by atoms with Crippen LogP contribution in [-0.2, 0) is 47.3 Å². The first-order chi connectivity index (χ1) is 34.3. The smallest absolute Gasteiger partial charge is 0.0461 e. The molecule has 2 aliphatic carbocycles. The zero-order valence-corrected chi connectivity index (χ0v) is 46.0. The van der Waals surface area contributed by atoms with Crippen molar-refractivity contribution in [2.45, 2.75) is 206 Å². The van der Waals surface area contributed by atoms with E-state index >= 15 is 0 Å². The summed E-state index contributed by atoms with van der Waals surface area (Å²) in [5.74, 6) is 0.551. The Morgan fingerprint density at radius 1 is 0.535 bits per heavy atom. The van der Waals surface area contributed by atoms with Crippen LogP contribution in [0.4, 0.5) is 17.1 Å². The average molecular weight is 944 g/mol. The topological polar surface area (TPSA) is 3.24 Å². The summed E-state index contributed by atoms with van der Waals surface area (Å²) < 4.78 is 0. The first-order valence-corrected chi connectivity index (χ1v) is 28.4. The SMILES string of the molecule is C=CCCCc1ccc(N(c2ccc(C(C)(C)CC)cc2)c2ccc(C(C)(CC)C(C)(CC)c3ccc4c(c3)C(CCCC)(CCCCCc3ccc5c(c3)CC5)c3cc(C(C)CC)ccc3-4)cc2)cc1. The number of benzene rings is 6. The number of hydrogen-bond donors (Lipinski definition) is 0. The summed E-state index contributed by atoms with van der Waals surface area (Å²) in [6.07, 6.45) is 22.1. The van der Waals surface area contributed by atoms with Gasteiger partial charge >= 0.3 is 0 Å². The number of rotatable bonds is 25. The number of unbranched alkanes of at least 4 members (excludes halogenated alkanes) is 4. The van der Waals surface area contributed by atoms with Crippen molar-refractivity contribution in [3.05, 3.63) is 196 Å². The normalized spacial score (nSPS) is 17.0. The van der Waals surface area contributed by atoms with Gasteiger partial charge in [-0.05, 0) is 198 Å². The van der Waals surface area contributed by atoms with Gasteiger partial charge in [0, 0.05) is 33.3 Å². The molecule has 4 unspecified atom stereocenters. The zero-order valence-electron chi connectivity index (χ0n) is 46.0. The molecule has 2 aliphatic rings. The minimum Gasteiger partial charge on any atom is -0.311 e. The number of nitrogens with zero attached hydrogens (tertiary/aromatic N) is 1. The number of allylic oxidation sites excluding steroid dienone is 1. The lowest BCUT2D eigenvalue weighted by Crippen LogP contribution is -2.44. The summed E-state index contributed by atoms with van der Waals surface area (Å²) in [4.78, 5) is 2.45. The molecule has 0 aliphatic heterocycles. The van der Waals surface area contributed by atoms with Gasteiger partial charge in [-0.15, -0.1) is 6.58 Å². The number of aryl methyl sites for hydroxylation is 4. The van der Waals surface area contributed by atoms with Crippen molar-refractivity contribution in [3.8, 4) is 11.1 Å². The third-order valence-corrected chi connectivity index (χ3v) is 18.9. The Labute approximate surface area is 432 Å². The number of fused-ring (bicyclic) bond motifs is 4. The van der Waals surface area contributed by atoms with Crippen LogP contribution in [-0.4, -0.2) is 0 Å². The molecule has 0 amide bonds. The van der Waals surface area contributed by atoms with Crippen LogP contribution in [0.15, 0.2) is 140 Å². The van der Waals surface area contributed by atoms with Gasteiger partial charge in [0.2, 0.25) is 0 Å². The summed E-state index contributed by atoms with van der Waals surface area (Å²) >= 11 is 0. The second-order valence-corrected chi connectivity index (χ2v) is 23.1. The van der Waals surface area contributed by atoms with E-state index < -0.39 is 0 Å². The largest absolute Gasteiger partial charge is 0.311 e. The Morgan fingerprint density at radius 2 is 1.08 bits per heavy atom. The van der Waals surface area contributed by atoms with Gasteiger partial charge in [-0.2, -0.15) is 0 Å². The molecule has 0 heterocycles. The maximum Gasteiger partial charge on any atom is 0.0461 e. The fraction of sp³-hybridized carbons (Fsp3) is 0.457. The van der Waals surface area contributed by atoms with Gasteiger partial charge in [0.25, 0.3) is 0 Å². The highest BCUT2D eigenvalue weighted by molar-refractivity contribution is 5.82. The third-order valence-electron chi connectivity index (χ3n) is 18.9. The second-order valence-electron chi connectivity index (χ2n) is 23.1. The maximum atomic E-state index is 3.94. The molecule has 0 bridgehead atoms. The Morgan fingerprint density at radius 3 is 1.66 bits per heavy atom. The highest BCUT2D eigenvalue weighted by atomic mass is 15.1. The summed E-state index contributed by atoms with van der Waals surface area (Å²) in [6, 6.07) is 51.1. The molecule has 0 aromatic heterocycles. The standard InChI is InChI=1S/C70H89N/c1-12-18-21-24-52-27-38-60(39-28-52)71(61-40-33-57(34-41-61)67(8,9)15-4)62-42-35-58(36-43-62)68(10,16-5)69(11,17-6)59-37-45-64-63-44-32-55(51(7)14-3)49-65(63)70(46-19-13-2,66(64)50-59)47-23-20-22-25-53-26-29-54-30-31-56(54)48-53/h12,26-29,32-45,48-51H,1,13-25,30-31,46-47H2,2-11H3. The van der Waals surface area contributed by atoms with E-state index in [1.165, 1.54) is 132 Å². The summed E-state index contributed by atoms with van der Waals surface area (Å²) in [7, 11) is 0. The minimum atomic E-state index is -0.111. The third kappa shape index (κ3) is 10.3. The predicted molar refractivity (Wildman–Crippen MR) is 310 cm³/mol. The Kier molecular flexibility index (Phi) is 16.4. The molecular formula is C70H89N. The van der Waals surface area contributed by atoms with Crippen molar-refractivity contribution >= 4 is 17.1 Å². The van der Waals surface area contributed by atoms with E-state index in [4.69, 9.17) is 0 Å². The fourth-order valence-electron chi connectivity index (χ4n) is 12.7. The maximum absolute atomic E-state index is 3.94. The van der Waals surface area contributed by atoms with Crippen molar-refractivity contribution < 1.29 is 0 Å². The summed E-state index contributed by atoms with van der Waals surface area (Å²) in [5.41, 5.74) is 21.6. The zero-order chi connectivity index (χ0) is 50.4. The second kappa shape index (κ2) is 22.3. The first kappa shape index (κ1) is 52.2. The van der Waals surface area contributed by atoms with E-state index in [9.17, 15) is 0 Å². The van der Waals surface area contributed by atoms with Crippen molar-refractivity contribution in [1.82, 2.24) is 0 Å². The van der Waals surface area contributed by atoms with E-state index in [1.54, 1.807) is 22.3 Å². The lowest BCUT2D eigenvalue weighted by molar-refractivity contribution is 0.234. The van der Waals surface area contributed by atoms with Crippen molar-refractivity contribution in [2.75, 3.05) is 4.90 Å². The van der Waals surface area contributed by atoms with E-state index in [0.29, 0.717) is 5.92 Å². The quantitative estimate of drug-likeness (QED) is 0.0408. The van der Waals surface area contributed by atoms with E-state index in [1.807, 2.05) is 6.08 Å². The van der Waals surface area contributed by atoms with Crippen molar-refractivity contribution in [1.29, 1.82) is 0 Å². The van der Waals surface area contributed by atoms with Gasteiger partial charge in [0.05, 0.1) is 0 Å². The highest BCUT2D eigenvalue weighted by Crippen LogP contribution is 2.57. The Hall–Kier alpha value is -5.14. The molecule has 8 rings (SSSR count). The highest BCUT2D eigenvalue weighted by Gasteiger charge is 2.48. The summed E-state index contributed by atoms with van der Waals surface area (Å²) in [5, 5.41) is 0. The van der Waals surface area contributed by atoms with Gasteiger partial charge in [0.15, 0.2) is 0 Å². The van der Waals surface area contributed by atoms with E-state index in [0.717, 1.165) is 38.5 Å². The molecule has 1 nitrogen and oxygen atoms in total. The van der Waals surface area contributed by atoms with Crippen LogP contribution in [0.2, 0.25) is 0 Å². The van der Waals surface area contributed by atoms with Crippen LogP contribution in [0.25, 0.3) is 11.1 Å². The van der Waals surface area contributed by atoms with Crippen LogP contribution >= 0.6 is 0 Å². The molecule has 0 saturated carbocycles.